The molecule has 0 aliphatic carbocycles. The standard InChI is InChI=1S/C20H15I2N3O3/c21-18-10-15(12-23-24-16-6-8-17(9-7-16)25(26)27)11-19(22)20(18)28-13-14-4-2-1-3-5-14/h1-12,24H,13H2/b23-12+. The quantitative estimate of drug-likeness (QED) is 0.161. The minimum Gasteiger partial charge on any atom is -0.487 e. The summed E-state index contributed by atoms with van der Waals surface area (Å²) in [5, 5.41) is 14.9. The van der Waals surface area contributed by atoms with Gasteiger partial charge in [0.1, 0.15) is 12.4 Å². The van der Waals surface area contributed by atoms with Gasteiger partial charge in [-0.2, -0.15) is 5.10 Å². The van der Waals surface area contributed by atoms with E-state index in [1.54, 1.807) is 18.3 Å². The third-order valence-electron chi connectivity index (χ3n) is 3.73. The fourth-order valence-corrected chi connectivity index (χ4v) is 4.49. The van der Waals surface area contributed by atoms with E-state index >= 15 is 0 Å². The van der Waals surface area contributed by atoms with Crippen LogP contribution in [0.3, 0.4) is 0 Å². The van der Waals surface area contributed by atoms with Gasteiger partial charge in [-0.05, 0) is 80.6 Å². The molecule has 0 amide bonds. The van der Waals surface area contributed by atoms with E-state index in [-0.39, 0.29) is 5.69 Å². The second kappa shape index (κ2) is 9.82. The molecule has 3 rings (SSSR count). The largest absolute Gasteiger partial charge is 0.487 e. The molecule has 142 valence electrons. The first-order chi connectivity index (χ1) is 13.5. The lowest BCUT2D eigenvalue weighted by molar-refractivity contribution is -0.384. The molecule has 0 aromatic heterocycles. The summed E-state index contributed by atoms with van der Waals surface area (Å²) >= 11 is 4.50. The Morgan fingerprint density at radius 3 is 2.29 bits per heavy atom. The lowest BCUT2D eigenvalue weighted by Crippen LogP contribution is -2.00. The van der Waals surface area contributed by atoms with Crippen molar-refractivity contribution in [3.63, 3.8) is 0 Å². The van der Waals surface area contributed by atoms with E-state index in [2.05, 4.69) is 55.7 Å². The SMILES string of the molecule is O=[N+]([O-])c1ccc(N/N=C/c2cc(I)c(OCc3ccccc3)c(I)c2)cc1. The number of nitro benzene ring substituents is 1. The van der Waals surface area contributed by atoms with Crippen LogP contribution in [0.5, 0.6) is 5.75 Å². The molecule has 0 fully saturated rings. The number of benzene rings is 3. The van der Waals surface area contributed by atoms with Crippen molar-refractivity contribution < 1.29 is 9.66 Å². The molecule has 0 heterocycles. The van der Waals surface area contributed by atoms with E-state index in [1.807, 2.05) is 42.5 Å². The Bertz CT molecular complexity index is 970. The minimum atomic E-state index is -0.432. The van der Waals surface area contributed by atoms with Gasteiger partial charge in [-0.1, -0.05) is 30.3 Å². The van der Waals surface area contributed by atoms with Crippen LogP contribution in [0.25, 0.3) is 0 Å². The van der Waals surface area contributed by atoms with Gasteiger partial charge in [-0.15, -0.1) is 0 Å². The maximum absolute atomic E-state index is 10.7. The molecule has 28 heavy (non-hydrogen) atoms. The lowest BCUT2D eigenvalue weighted by atomic mass is 10.2. The highest BCUT2D eigenvalue weighted by Gasteiger charge is 2.09. The predicted octanol–water partition coefficient (Wildman–Crippen LogP) is 5.83. The number of nitrogens with zero attached hydrogens (tertiary/aromatic N) is 2. The van der Waals surface area contributed by atoms with Crippen LogP contribution in [0.2, 0.25) is 0 Å². The summed E-state index contributed by atoms with van der Waals surface area (Å²) in [5.74, 6) is 0.852. The normalized spacial score (nSPS) is 10.8. The lowest BCUT2D eigenvalue weighted by Gasteiger charge is -2.11. The van der Waals surface area contributed by atoms with Crippen molar-refractivity contribution in [2.45, 2.75) is 6.61 Å². The third-order valence-corrected chi connectivity index (χ3v) is 5.33. The molecule has 6 nitrogen and oxygen atoms in total. The van der Waals surface area contributed by atoms with Gasteiger partial charge in [-0.3, -0.25) is 15.5 Å². The zero-order valence-corrected chi connectivity index (χ0v) is 18.8. The summed E-state index contributed by atoms with van der Waals surface area (Å²) < 4.78 is 7.98. The second-order valence-electron chi connectivity index (χ2n) is 5.76. The number of anilines is 1. The number of nitrogens with one attached hydrogen (secondary N) is 1. The van der Waals surface area contributed by atoms with Gasteiger partial charge in [0.15, 0.2) is 0 Å². The summed E-state index contributed by atoms with van der Waals surface area (Å²) in [6.45, 7) is 0.516. The first-order valence-corrected chi connectivity index (χ1v) is 10.4. The van der Waals surface area contributed by atoms with E-state index in [9.17, 15) is 10.1 Å². The molecule has 8 heteroatoms. The molecule has 0 saturated carbocycles. The molecular weight excluding hydrogens is 584 g/mol. The van der Waals surface area contributed by atoms with Crippen LogP contribution in [0.4, 0.5) is 11.4 Å². The molecule has 0 radical (unpaired) electrons. The zero-order chi connectivity index (χ0) is 19.9. The highest BCUT2D eigenvalue weighted by Crippen LogP contribution is 2.29. The Kier molecular flexibility index (Phi) is 7.20. The van der Waals surface area contributed by atoms with Gasteiger partial charge < -0.3 is 4.74 Å². The van der Waals surface area contributed by atoms with Gasteiger partial charge in [-0.25, -0.2) is 0 Å². The Morgan fingerprint density at radius 1 is 1.04 bits per heavy atom. The maximum atomic E-state index is 10.7. The molecule has 3 aromatic carbocycles. The molecule has 0 unspecified atom stereocenters. The number of hydrogen-bond donors (Lipinski definition) is 1. The van der Waals surface area contributed by atoms with E-state index in [0.717, 1.165) is 24.0 Å². The van der Waals surface area contributed by atoms with Gasteiger partial charge in [0, 0.05) is 12.1 Å². The molecule has 3 aromatic rings. The monoisotopic (exact) mass is 599 g/mol. The first kappa shape index (κ1) is 20.5. The smallest absolute Gasteiger partial charge is 0.269 e. The number of hydrazone groups is 1. The number of ether oxygens (including phenoxy) is 1. The summed E-state index contributed by atoms with van der Waals surface area (Å²) in [7, 11) is 0. The average Bonchev–Trinajstić information content (AvgIpc) is 2.68. The number of non-ortho nitro benzene ring substituents is 1. The number of nitro groups is 1. The molecule has 0 saturated heterocycles. The second-order valence-corrected chi connectivity index (χ2v) is 8.09. The Labute approximate surface area is 189 Å². The maximum Gasteiger partial charge on any atom is 0.269 e. The van der Waals surface area contributed by atoms with E-state index in [1.165, 1.54) is 12.1 Å². The van der Waals surface area contributed by atoms with Gasteiger partial charge in [0.25, 0.3) is 5.69 Å². The topological polar surface area (TPSA) is 76.8 Å². The summed E-state index contributed by atoms with van der Waals surface area (Å²) in [5.41, 5.74) is 5.64. The average molecular weight is 599 g/mol. The van der Waals surface area contributed by atoms with Crippen LogP contribution in [-0.2, 0) is 6.61 Å². The number of rotatable bonds is 7. The Balaban J connectivity index is 1.64. The summed E-state index contributed by atoms with van der Waals surface area (Å²) in [6.07, 6.45) is 1.70. The summed E-state index contributed by atoms with van der Waals surface area (Å²) in [4.78, 5) is 10.2. The van der Waals surface area contributed by atoms with Crippen molar-refractivity contribution in [1.29, 1.82) is 0 Å². The van der Waals surface area contributed by atoms with Crippen molar-refractivity contribution in [2.75, 3.05) is 5.43 Å². The molecule has 0 bridgehead atoms. The zero-order valence-electron chi connectivity index (χ0n) is 14.5. The number of halogens is 2. The molecule has 1 N–H and O–H groups in total. The predicted molar refractivity (Wildman–Crippen MR) is 127 cm³/mol. The van der Waals surface area contributed by atoms with Crippen LogP contribution >= 0.6 is 45.2 Å². The highest BCUT2D eigenvalue weighted by atomic mass is 127. The van der Waals surface area contributed by atoms with Crippen molar-refractivity contribution in [3.05, 3.63) is 95.1 Å². The van der Waals surface area contributed by atoms with Crippen LogP contribution in [-0.4, -0.2) is 11.1 Å². The van der Waals surface area contributed by atoms with E-state index in [0.29, 0.717) is 12.3 Å². The fraction of sp³-hybridized carbons (Fsp3) is 0.0500. The van der Waals surface area contributed by atoms with Crippen molar-refractivity contribution in [2.24, 2.45) is 5.10 Å². The van der Waals surface area contributed by atoms with Crippen molar-refractivity contribution in [3.8, 4) is 5.75 Å². The van der Waals surface area contributed by atoms with Gasteiger partial charge in [0.2, 0.25) is 0 Å². The van der Waals surface area contributed by atoms with Crippen molar-refractivity contribution >= 4 is 62.8 Å². The van der Waals surface area contributed by atoms with E-state index in [4.69, 9.17) is 4.74 Å². The van der Waals surface area contributed by atoms with Crippen LogP contribution < -0.4 is 10.2 Å². The highest BCUT2D eigenvalue weighted by molar-refractivity contribution is 14.1. The van der Waals surface area contributed by atoms with Crippen molar-refractivity contribution in [1.82, 2.24) is 0 Å². The van der Waals surface area contributed by atoms with Crippen LogP contribution in [0, 0.1) is 17.3 Å². The molecule has 0 spiro atoms. The molecule has 0 aliphatic rings. The minimum absolute atomic E-state index is 0.0460. The molecular formula is C20H15I2N3O3. The van der Waals surface area contributed by atoms with E-state index < -0.39 is 4.92 Å². The summed E-state index contributed by atoms with van der Waals surface area (Å²) in [6, 6.07) is 20.1. The number of hydrogen-bond acceptors (Lipinski definition) is 5. The van der Waals surface area contributed by atoms with Gasteiger partial charge >= 0.3 is 0 Å². The first-order valence-electron chi connectivity index (χ1n) is 8.22. The Morgan fingerprint density at radius 2 is 1.68 bits per heavy atom. The Hall–Kier alpha value is -2.21. The van der Waals surface area contributed by atoms with Gasteiger partial charge in [0.05, 0.1) is 24.0 Å². The van der Waals surface area contributed by atoms with Crippen LogP contribution in [0.15, 0.2) is 71.8 Å². The van der Waals surface area contributed by atoms with Crippen LogP contribution in [0.1, 0.15) is 11.1 Å². The third kappa shape index (κ3) is 5.64. The molecule has 0 aliphatic heterocycles. The fourth-order valence-electron chi connectivity index (χ4n) is 2.36. The molecule has 0 atom stereocenters.